The fraction of sp³-hybridized carbons (Fsp3) is 0.458. The third-order valence-electron chi connectivity index (χ3n) is 6.19. The number of aromatic nitrogens is 1. The smallest absolute Gasteiger partial charge is 0.354 e. The Kier molecular flexibility index (Phi) is 7.12. The molecule has 1 aliphatic heterocycles. The number of aryl methyl sites for hydroxylation is 2. The number of carbonyl (C=O) groups is 3. The highest BCUT2D eigenvalue weighted by Crippen LogP contribution is 2.41. The van der Waals surface area contributed by atoms with E-state index in [4.69, 9.17) is 9.15 Å². The zero-order chi connectivity index (χ0) is 24.4. The first kappa shape index (κ1) is 24.3. The monoisotopic (exact) mass is 457 g/mol. The largest absolute Gasteiger partial charge is 0.507 e. The summed E-state index contributed by atoms with van der Waals surface area (Å²) >= 11 is 0. The molecule has 2 N–H and O–H groups in total. The van der Waals surface area contributed by atoms with Crippen LogP contribution < -0.4 is 0 Å². The maximum atomic E-state index is 13.2. The molecule has 0 spiro atoms. The number of rotatable bonds is 8. The number of likely N-dealkylation sites (N-methyl/N-ethyl adjacent to an activating group) is 1. The number of nitrogens with one attached hydrogen (secondary N) is 1. The van der Waals surface area contributed by atoms with Gasteiger partial charge in [-0.2, -0.15) is 0 Å². The Hall–Kier alpha value is -3.33. The Morgan fingerprint density at radius 3 is 2.42 bits per heavy atom. The van der Waals surface area contributed by atoms with Gasteiger partial charge < -0.3 is 29.0 Å². The second-order valence-electron chi connectivity index (χ2n) is 8.08. The minimum absolute atomic E-state index is 0.0597. The summed E-state index contributed by atoms with van der Waals surface area (Å²) in [6.07, 6.45) is 0. The number of esters is 1. The number of aromatic amines is 1. The van der Waals surface area contributed by atoms with Gasteiger partial charge in [-0.3, -0.25) is 9.59 Å². The number of nitrogens with zero attached hydrogens (tertiary/aromatic N) is 2. The molecule has 1 amide bonds. The van der Waals surface area contributed by atoms with Crippen molar-refractivity contribution in [3.05, 3.63) is 51.7 Å². The van der Waals surface area contributed by atoms with Crippen molar-refractivity contribution < 1.29 is 28.6 Å². The van der Waals surface area contributed by atoms with E-state index in [1.165, 1.54) is 12.0 Å². The SMILES string of the molecule is CCN(CC)CCN1C(=O)C(=O)C(=C(O)c2c(C)[nH]c(C(=O)OC)c2C)[C@@H]1c1ccc(C)o1. The summed E-state index contributed by atoms with van der Waals surface area (Å²) in [5, 5.41) is 11.3. The van der Waals surface area contributed by atoms with Crippen LogP contribution in [0.25, 0.3) is 5.76 Å². The number of hydrogen-bond acceptors (Lipinski definition) is 7. The molecule has 1 aliphatic rings. The van der Waals surface area contributed by atoms with Crippen LogP contribution in [-0.4, -0.2) is 70.8 Å². The molecule has 0 aliphatic carbocycles. The van der Waals surface area contributed by atoms with E-state index in [0.29, 0.717) is 41.4 Å². The van der Waals surface area contributed by atoms with Crippen molar-refractivity contribution >= 4 is 23.4 Å². The third kappa shape index (κ3) is 4.32. The second kappa shape index (κ2) is 9.66. The van der Waals surface area contributed by atoms with E-state index < -0.39 is 23.7 Å². The molecule has 0 bridgehead atoms. The normalized spacial score (nSPS) is 17.9. The van der Waals surface area contributed by atoms with E-state index >= 15 is 0 Å². The van der Waals surface area contributed by atoms with Gasteiger partial charge in [-0.1, -0.05) is 13.8 Å². The summed E-state index contributed by atoms with van der Waals surface area (Å²) in [5.41, 5.74) is 1.33. The average Bonchev–Trinajstić information content (AvgIpc) is 3.42. The molecule has 178 valence electrons. The number of furan rings is 1. The first-order valence-corrected chi connectivity index (χ1v) is 11.0. The van der Waals surface area contributed by atoms with Crippen LogP contribution >= 0.6 is 0 Å². The van der Waals surface area contributed by atoms with E-state index in [2.05, 4.69) is 9.88 Å². The van der Waals surface area contributed by atoms with Crippen molar-refractivity contribution in [2.45, 2.75) is 40.7 Å². The lowest BCUT2D eigenvalue weighted by Gasteiger charge is -2.26. The Morgan fingerprint density at radius 1 is 1.21 bits per heavy atom. The van der Waals surface area contributed by atoms with E-state index in [1.807, 2.05) is 13.8 Å². The molecule has 0 aromatic carbocycles. The highest BCUT2D eigenvalue weighted by atomic mass is 16.5. The van der Waals surface area contributed by atoms with E-state index in [0.717, 1.165) is 13.1 Å². The molecule has 3 rings (SSSR count). The van der Waals surface area contributed by atoms with Gasteiger partial charge in [0.1, 0.15) is 29.0 Å². The van der Waals surface area contributed by atoms with E-state index in [9.17, 15) is 19.5 Å². The molecule has 1 fully saturated rings. The number of aliphatic hydroxyl groups is 1. The fourth-order valence-corrected chi connectivity index (χ4v) is 4.34. The van der Waals surface area contributed by atoms with Gasteiger partial charge in [0.2, 0.25) is 0 Å². The molecule has 9 heteroatoms. The van der Waals surface area contributed by atoms with Crippen molar-refractivity contribution in [2.24, 2.45) is 0 Å². The molecular weight excluding hydrogens is 426 g/mol. The lowest BCUT2D eigenvalue weighted by Crippen LogP contribution is -2.37. The number of ether oxygens (including phenoxy) is 1. The highest BCUT2D eigenvalue weighted by molar-refractivity contribution is 6.46. The minimum atomic E-state index is -0.871. The molecule has 3 heterocycles. The van der Waals surface area contributed by atoms with Gasteiger partial charge >= 0.3 is 5.97 Å². The van der Waals surface area contributed by atoms with Crippen LogP contribution in [0.5, 0.6) is 0 Å². The molecule has 1 atom stereocenters. The zero-order valence-corrected chi connectivity index (χ0v) is 19.9. The number of Topliss-reactive ketones (excluding diaryl/α,β-unsaturated/α-hetero) is 1. The van der Waals surface area contributed by atoms with Crippen LogP contribution in [0.3, 0.4) is 0 Å². The number of aliphatic hydroxyl groups excluding tert-OH is 1. The van der Waals surface area contributed by atoms with Gasteiger partial charge in [0, 0.05) is 24.3 Å². The standard InChI is InChI=1S/C24H31N3O6/c1-7-26(8-2)11-12-27-20(16-10-9-13(3)33-16)18(22(29)23(27)30)21(28)17-14(4)19(24(31)32-6)25-15(17)5/h9-10,20,25,28H,7-8,11-12H2,1-6H3/t20-/m0/s1. The summed E-state index contributed by atoms with van der Waals surface area (Å²) in [6, 6.07) is 2.59. The number of likely N-dealkylation sites (tertiary alicyclic amines) is 1. The zero-order valence-electron chi connectivity index (χ0n) is 19.9. The topological polar surface area (TPSA) is 116 Å². The number of ketones is 1. The molecule has 2 aromatic rings. The molecular formula is C24H31N3O6. The summed E-state index contributed by atoms with van der Waals surface area (Å²) in [6.45, 7) is 11.6. The van der Waals surface area contributed by atoms with Gasteiger partial charge in [0.25, 0.3) is 11.7 Å². The Balaban J connectivity index is 2.15. The quantitative estimate of drug-likeness (QED) is 0.271. The van der Waals surface area contributed by atoms with Gasteiger partial charge in [-0.25, -0.2) is 4.79 Å². The minimum Gasteiger partial charge on any atom is -0.507 e. The first-order chi connectivity index (χ1) is 15.7. The molecule has 33 heavy (non-hydrogen) atoms. The van der Waals surface area contributed by atoms with Crippen LogP contribution in [-0.2, 0) is 14.3 Å². The van der Waals surface area contributed by atoms with E-state index in [1.54, 1.807) is 32.9 Å². The third-order valence-corrected chi connectivity index (χ3v) is 6.19. The van der Waals surface area contributed by atoms with Crippen molar-refractivity contribution in [1.82, 2.24) is 14.8 Å². The van der Waals surface area contributed by atoms with Crippen molar-refractivity contribution in [1.29, 1.82) is 0 Å². The molecule has 9 nitrogen and oxygen atoms in total. The Labute approximate surface area is 193 Å². The predicted molar refractivity (Wildman–Crippen MR) is 122 cm³/mol. The predicted octanol–water partition coefficient (Wildman–Crippen LogP) is 3.08. The molecule has 0 unspecified atom stereocenters. The van der Waals surface area contributed by atoms with Gasteiger partial charge in [0.15, 0.2) is 0 Å². The summed E-state index contributed by atoms with van der Waals surface area (Å²) in [5.74, 6) is -1.40. The maximum Gasteiger partial charge on any atom is 0.354 e. The molecule has 2 aromatic heterocycles. The van der Waals surface area contributed by atoms with Crippen LogP contribution in [0.15, 0.2) is 22.1 Å². The summed E-state index contributed by atoms with van der Waals surface area (Å²) < 4.78 is 10.6. The number of methoxy groups -OCH3 is 1. The number of carbonyl (C=O) groups excluding carboxylic acids is 3. The first-order valence-electron chi connectivity index (χ1n) is 11.0. The van der Waals surface area contributed by atoms with Crippen LogP contribution in [0, 0.1) is 20.8 Å². The second-order valence-corrected chi connectivity index (χ2v) is 8.08. The lowest BCUT2D eigenvalue weighted by atomic mass is 9.97. The molecule has 0 saturated carbocycles. The van der Waals surface area contributed by atoms with Gasteiger partial charge in [0.05, 0.1) is 12.7 Å². The number of amides is 1. The fourth-order valence-electron chi connectivity index (χ4n) is 4.34. The Bertz CT molecular complexity index is 1110. The molecule has 0 radical (unpaired) electrons. The average molecular weight is 458 g/mol. The van der Waals surface area contributed by atoms with Gasteiger partial charge in [-0.15, -0.1) is 0 Å². The van der Waals surface area contributed by atoms with Crippen LogP contribution in [0.2, 0.25) is 0 Å². The van der Waals surface area contributed by atoms with Crippen LogP contribution in [0.4, 0.5) is 0 Å². The Morgan fingerprint density at radius 2 is 1.88 bits per heavy atom. The van der Waals surface area contributed by atoms with Crippen molar-refractivity contribution in [3.63, 3.8) is 0 Å². The van der Waals surface area contributed by atoms with Crippen molar-refractivity contribution in [2.75, 3.05) is 33.3 Å². The summed E-state index contributed by atoms with van der Waals surface area (Å²) in [4.78, 5) is 44.8. The van der Waals surface area contributed by atoms with Gasteiger partial charge in [-0.05, 0) is 51.6 Å². The number of H-pyrrole nitrogens is 1. The van der Waals surface area contributed by atoms with Crippen LogP contribution in [0.1, 0.15) is 58.7 Å². The highest BCUT2D eigenvalue weighted by Gasteiger charge is 2.48. The molecule has 1 saturated heterocycles. The maximum absolute atomic E-state index is 13.2. The summed E-state index contributed by atoms with van der Waals surface area (Å²) in [7, 11) is 1.26. The van der Waals surface area contributed by atoms with E-state index in [-0.39, 0.29) is 17.0 Å². The number of hydrogen-bond donors (Lipinski definition) is 2. The lowest BCUT2D eigenvalue weighted by molar-refractivity contribution is -0.140. The van der Waals surface area contributed by atoms with Crippen molar-refractivity contribution in [3.8, 4) is 0 Å².